The van der Waals surface area contributed by atoms with Gasteiger partial charge in [-0.05, 0) is 42.5 Å². The molecule has 0 radical (unpaired) electrons. The van der Waals surface area contributed by atoms with Gasteiger partial charge in [0.15, 0.2) is 0 Å². The number of benzene rings is 2. The topological polar surface area (TPSA) is 14.2 Å². The van der Waals surface area contributed by atoms with E-state index in [-0.39, 0.29) is 0 Å². The van der Waals surface area contributed by atoms with Crippen LogP contribution >= 0.6 is 27.5 Å². The molecule has 4 heteroatoms. The third-order valence-electron chi connectivity index (χ3n) is 3.32. The van der Waals surface area contributed by atoms with Crippen molar-refractivity contribution >= 4 is 38.4 Å². The Morgan fingerprint density at radius 2 is 2.00 bits per heavy atom. The van der Waals surface area contributed by atoms with Gasteiger partial charge in [-0.25, -0.2) is 0 Å². The summed E-state index contributed by atoms with van der Waals surface area (Å²) in [7, 11) is 1.69. The highest BCUT2D eigenvalue weighted by Gasteiger charge is 2.07. The first-order valence-electron chi connectivity index (χ1n) is 6.24. The van der Waals surface area contributed by atoms with E-state index >= 15 is 0 Å². The molecule has 0 amide bonds. The van der Waals surface area contributed by atoms with Crippen molar-refractivity contribution in [2.75, 3.05) is 7.11 Å². The average Bonchev–Trinajstić information content (AvgIpc) is 2.81. The zero-order chi connectivity index (χ0) is 14.1. The first kappa shape index (κ1) is 13.5. The Hall–Kier alpha value is -1.45. The van der Waals surface area contributed by atoms with Gasteiger partial charge in [-0.1, -0.05) is 27.5 Å². The summed E-state index contributed by atoms with van der Waals surface area (Å²) in [5.41, 5.74) is 2.30. The molecule has 102 valence electrons. The number of nitrogens with zero attached hydrogens (tertiary/aromatic N) is 1. The van der Waals surface area contributed by atoms with Crippen LogP contribution in [-0.4, -0.2) is 11.7 Å². The van der Waals surface area contributed by atoms with E-state index in [1.54, 1.807) is 7.11 Å². The number of fused-ring (bicyclic) bond motifs is 1. The summed E-state index contributed by atoms with van der Waals surface area (Å²) in [6.45, 7) is 0.758. The highest BCUT2D eigenvalue weighted by atomic mass is 79.9. The van der Waals surface area contributed by atoms with Crippen LogP contribution in [-0.2, 0) is 6.54 Å². The number of methoxy groups -OCH3 is 1. The molecule has 0 aliphatic carbocycles. The fraction of sp³-hybridized carbons (Fsp3) is 0.125. The molecular weight excluding hydrogens is 338 g/mol. The second-order valence-electron chi connectivity index (χ2n) is 4.60. The molecule has 0 saturated carbocycles. The molecule has 0 N–H and O–H groups in total. The van der Waals surface area contributed by atoms with Gasteiger partial charge < -0.3 is 9.30 Å². The van der Waals surface area contributed by atoms with Gasteiger partial charge in [0.25, 0.3) is 0 Å². The maximum absolute atomic E-state index is 6.02. The largest absolute Gasteiger partial charge is 0.496 e. The number of rotatable bonds is 3. The van der Waals surface area contributed by atoms with Crippen molar-refractivity contribution in [2.45, 2.75) is 6.54 Å². The number of hydrogen-bond acceptors (Lipinski definition) is 1. The lowest BCUT2D eigenvalue weighted by atomic mass is 10.2. The Morgan fingerprint density at radius 3 is 2.80 bits per heavy atom. The molecule has 0 fully saturated rings. The van der Waals surface area contributed by atoms with Gasteiger partial charge in [0, 0.05) is 32.2 Å². The fourth-order valence-electron chi connectivity index (χ4n) is 2.36. The quantitative estimate of drug-likeness (QED) is 0.640. The summed E-state index contributed by atoms with van der Waals surface area (Å²) in [6.07, 6.45) is 2.07. The Morgan fingerprint density at radius 1 is 1.15 bits per heavy atom. The van der Waals surface area contributed by atoms with Gasteiger partial charge in [-0.15, -0.1) is 0 Å². The fourth-order valence-corrected chi connectivity index (χ4v) is 2.95. The van der Waals surface area contributed by atoms with Crippen molar-refractivity contribution in [1.29, 1.82) is 0 Å². The van der Waals surface area contributed by atoms with Crippen molar-refractivity contribution in [2.24, 2.45) is 0 Å². The molecule has 0 atom stereocenters. The molecule has 1 heterocycles. The monoisotopic (exact) mass is 349 g/mol. The second-order valence-corrected chi connectivity index (χ2v) is 5.96. The molecular formula is C16H13BrClNO. The molecule has 3 rings (SSSR count). The number of ether oxygens (including phenoxy) is 1. The molecule has 0 spiro atoms. The molecule has 0 saturated heterocycles. The van der Waals surface area contributed by atoms with Crippen molar-refractivity contribution < 1.29 is 4.74 Å². The van der Waals surface area contributed by atoms with E-state index in [1.807, 2.05) is 30.3 Å². The maximum Gasteiger partial charge on any atom is 0.123 e. The van der Waals surface area contributed by atoms with E-state index in [1.165, 1.54) is 0 Å². The number of aromatic nitrogens is 1. The molecule has 3 aromatic rings. The SMILES string of the molecule is COc1ccc(Br)cc1Cn1ccc2cc(Cl)ccc21. The molecule has 2 aromatic carbocycles. The van der Waals surface area contributed by atoms with Crippen LogP contribution in [0.3, 0.4) is 0 Å². The van der Waals surface area contributed by atoms with E-state index in [9.17, 15) is 0 Å². The Balaban J connectivity index is 2.03. The van der Waals surface area contributed by atoms with E-state index in [4.69, 9.17) is 16.3 Å². The molecule has 0 bridgehead atoms. The van der Waals surface area contributed by atoms with Crippen LogP contribution < -0.4 is 4.74 Å². The lowest BCUT2D eigenvalue weighted by Gasteiger charge is -2.11. The van der Waals surface area contributed by atoms with Gasteiger partial charge >= 0.3 is 0 Å². The minimum Gasteiger partial charge on any atom is -0.496 e. The molecule has 20 heavy (non-hydrogen) atoms. The Kier molecular flexibility index (Phi) is 3.72. The lowest BCUT2D eigenvalue weighted by molar-refractivity contribution is 0.408. The minimum atomic E-state index is 0.758. The van der Waals surface area contributed by atoms with E-state index in [0.29, 0.717) is 0 Å². The standard InChI is InChI=1S/C16H13BrClNO/c1-20-16-5-2-13(17)8-12(16)10-19-7-6-11-9-14(18)3-4-15(11)19/h2-9H,10H2,1H3. The van der Waals surface area contributed by atoms with E-state index < -0.39 is 0 Å². The first-order valence-corrected chi connectivity index (χ1v) is 7.41. The third kappa shape index (κ3) is 2.56. The molecule has 0 aliphatic rings. The smallest absolute Gasteiger partial charge is 0.123 e. The van der Waals surface area contributed by atoms with Crippen LogP contribution in [0.1, 0.15) is 5.56 Å². The summed E-state index contributed by atoms with van der Waals surface area (Å²) < 4.78 is 8.66. The summed E-state index contributed by atoms with van der Waals surface area (Å²) >= 11 is 9.53. The van der Waals surface area contributed by atoms with Crippen LogP contribution in [0.5, 0.6) is 5.75 Å². The minimum absolute atomic E-state index is 0.758. The van der Waals surface area contributed by atoms with Gasteiger partial charge in [0.1, 0.15) is 5.75 Å². The summed E-state index contributed by atoms with van der Waals surface area (Å²) in [4.78, 5) is 0. The molecule has 2 nitrogen and oxygen atoms in total. The molecule has 0 unspecified atom stereocenters. The van der Waals surface area contributed by atoms with Gasteiger partial charge in [0.2, 0.25) is 0 Å². The van der Waals surface area contributed by atoms with E-state index in [0.717, 1.165) is 38.3 Å². The maximum atomic E-state index is 6.02. The van der Waals surface area contributed by atoms with Gasteiger partial charge in [-0.2, -0.15) is 0 Å². The summed E-state index contributed by atoms with van der Waals surface area (Å²) in [5.74, 6) is 0.893. The lowest BCUT2D eigenvalue weighted by Crippen LogP contribution is -2.00. The predicted octanol–water partition coefficient (Wildman–Crippen LogP) is 5.11. The molecule has 0 aliphatic heterocycles. The van der Waals surface area contributed by atoms with Crippen molar-refractivity contribution in [3.05, 3.63) is 63.7 Å². The zero-order valence-electron chi connectivity index (χ0n) is 10.9. The Labute approximate surface area is 131 Å². The normalized spacial score (nSPS) is 10.9. The zero-order valence-corrected chi connectivity index (χ0v) is 13.3. The average molecular weight is 351 g/mol. The highest BCUT2D eigenvalue weighted by molar-refractivity contribution is 9.10. The van der Waals surface area contributed by atoms with Crippen molar-refractivity contribution in [3.8, 4) is 5.75 Å². The number of hydrogen-bond donors (Lipinski definition) is 0. The van der Waals surface area contributed by atoms with Gasteiger partial charge in [0.05, 0.1) is 13.7 Å². The predicted molar refractivity (Wildman–Crippen MR) is 86.7 cm³/mol. The highest BCUT2D eigenvalue weighted by Crippen LogP contribution is 2.26. The summed E-state index contributed by atoms with van der Waals surface area (Å²) in [5, 5.41) is 1.90. The van der Waals surface area contributed by atoms with Crippen LogP contribution in [0, 0.1) is 0 Å². The second kappa shape index (κ2) is 5.51. The number of halogens is 2. The van der Waals surface area contributed by atoms with Crippen LogP contribution in [0.4, 0.5) is 0 Å². The van der Waals surface area contributed by atoms with Gasteiger partial charge in [-0.3, -0.25) is 0 Å². The molecule has 1 aromatic heterocycles. The van der Waals surface area contributed by atoms with Crippen LogP contribution in [0.2, 0.25) is 5.02 Å². The Bertz CT molecular complexity index is 766. The van der Waals surface area contributed by atoms with E-state index in [2.05, 4.69) is 38.8 Å². The van der Waals surface area contributed by atoms with Crippen LogP contribution in [0.25, 0.3) is 10.9 Å². The first-order chi connectivity index (χ1) is 9.67. The third-order valence-corrected chi connectivity index (χ3v) is 4.04. The van der Waals surface area contributed by atoms with Crippen LogP contribution in [0.15, 0.2) is 53.1 Å². The van der Waals surface area contributed by atoms with Crippen molar-refractivity contribution in [1.82, 2.24) is 4.57 Å². The van der Waals surface area contributed by atoms with Crippen molar-refractivity contribution in [3.63, 3.8) is 0 Å². The summed E-state index contributed by atoms with van der Waals surface area (Å²) in [6, 6.07) is 14.1.